The number of aliphatic carboxylic acids is 1. The van der Waals surface area contributed by atoms with Crippen molar-refractivity contribution in [3.8, 4) is 6.07 Å². The molecule has 1 fully saturated rings. The summed E-state index contributed by atoms with van der Waals surface area (Å²) in [7, 11) is 0. The lowest BCUT2D eigenvalue weighted by atomic mass is 9.73. The Labute approximate surface area is 127 Å². The van der Waals surface area contributed by atoms with Crippen LogP contribution in [0.4, 0.5) is 0 Å². The molecular formula is C12H13N3O8. The van der Waals surface area contributed by atoms with Gasteiger partial charge in [-0.3, -0.25) is 19.1 Å². The van der Waals surface area contributed by atoms with Crippen molar-refractivity contribution in [3.05, 3.63) is 33.1 Å². The van der Waals surface area contributed by atoms with Crippen molar-refractivity contribution in [1.82, 2.24) is 9.55 Å². The first-order chi connectivity index (χ1) is 10.8. The molecule has 1 aliphatic rings. The van der Waals surface area contributed by atoms with Gasteiger partial charge in [0.25, 0.3) is 5.56 Å². The van der Waals surface area contributed by atoms with Gasteiger partial charge in [-0.05, 0) is 0 Å². The number of aromatic amines is 1. The summed E-state index contributed by atoms with van der Waals surface area (Å²) in [6.45, 7) is -0.862. The summed E-state index contributed by atoms with van der Waals surface area (Å²) < 4.78 is 5.81. The van der Waals surface area contributed by atoms with E-state index >= 15 is 0 Å². The van der Waals surface area contributed by atoms with Crippen LogP contribution in [0, 0.1) is 16.7 Å². The number of H-pyrrole nitrogens is 1. The lowest BCUT2D eigenvalue weighted by Crippen LogP contribution is -2.64. The molecule has 2 heterocycles. The van der Waals surface area contributed by atoms with Crippen LogP contribution in [0.15, 0.2) is 21.9 Å². The number of carboxylic acid groups (broad SMARTS) is 1. The molecule has 0 unspecified atom stereocenters. The van der Waals surface area contributed by atoms with Crippen LogP contribution >= 0.6 is 0 Å². The van der Waals surface area contributed by atoms with Crippen LogP contribution in [0.5, 0.6) is 0 Å². The molecule has 0 spiro atoms. The van der Waals surface area contributed by atoms with E-state index in [9.17, 15) is 40.1 Å². The van der Waals surface area contributed by atoms with E-state index in [4.69, 9.17) is 4.74 Å². The monoisotopic (exact) mass is 327 g/mol. The highest BCUT2D eigenvalue weighted by Crippen LogP contribution is 2.40. The van der Waals surface area contributed by atoms with E-state index in [2.05, 4.69) is 0 Å². The predicted octanol–water partition coefficient (Wildman–Crippen LogP) is -3.26. The Balaban J connectivity index is 2.61. The number of carboxylic acids is 1. The van der Waals surface area contributed by atoms with Crippen molar-refractivity contribution in [2.45, 2.75) is 24.5 Å². The fourth-order valence-electron chi connectivity index (χ4n) is 2.44. The quantitative estimate of drug-likeness (QED) is 0.380. The van der Waals surface area contributed by atoms with Crippen molar-refractivity contribution in [2.75, 3.05) is 6.61 Å². The lowest BCUT2D eigenvalue weighted by Gasteiger charge is -2.45. The predicted molar refractivity (Wildman–Crippen MR) is 70.0 cm³/mol. The Morgan fingerprint density at radius 3 is 2.57 bits per heavy atom. The zero-order chi connectivity index (χ0) is 17.4. The molecule has 2 rings (SSSR count). The van der Waals surface area contributed by atoms with E-state index < -0.39 is 53.8 Å². The van der Waals surface area contributed by atoms with Crippen LogP contribution in [-0.2, 0) is 9.53 Å². The second-order valence-electron chi connectivity index (χ2n) is 4.94. The third-order valence-corrected chi connectivity index (χ3v) is 3.71. The van der Waals surface area contributed by atoms with Crippen LogP contribution in [0.25, 0.3) is 0 Å². The number of nitrogens with zero attached hydrogens (tertiary/aromatic N) is 2. The highest BCUT2D eigenvalue weighted by Gasteiger charge is 2.62. The van der Waals surface area contributed by atoms with Gasteiger partial charge >= 0.3 is 11.7 Å². The van der Waals surface area contributed by atoms with E-state index in [1.54, 1.807) is 0 Å². The number of nitrogens with one attached hydrogen (secondary N) is 1. The van der Waals surface area contributed by atoms with Gasteiger partial charge in [0.2, 0.25) is 5.41 Å². The van der Waals surface area contributed by atoms with Gasteiger partial charge < -0.3 is 25.2 Å². The molecule has 0 aromatic carbocycles. The Morgan fingerprint density at radius 1 is 1.43 bits per heavy atom. The van der Waals surface area contributed by atoms with Gasteiger partial charge in [-0.25, -0.2) is 4.79 Å². The maximum atomic E-state index is 11.8. The second-order valence-corrected chi connectivity index (χ2v) is 4.94. The normalized spacial score (nSPS) is 33.8. The Kier molecular flexibility index (Phi) is 4.35. The molecule has 5 N–H and O–H groups in total. The van der Waals surface area contributed by atoms with Crippen molar-refractivity contribution in [2.24, 2.45) is 5.41 Å². The van der Waals surface area contributed by atoms with E-state index in [0.29, 0.717) is 4.57 Å². The number of hydrogen-bond acceptors (Lipinski definition) is 8. The number of carbonyl (C=O) groups is 1. The molecule has 11 heteroatoms. The van der Waals surface area contributed by atoms with Crippen LogP contribution < -0.4 is 11.2 Å². The summed E-state index contributed by atoms with van der Waals surface area (Å²) in [6, 6.07) is 2.26. The first kappa shape index (κ1) is 16.8. The molecule has 0 aliphatic carbocycles. The molecule has 1 aliphatic heterocycles. The number of aliphatic hydroxyl groups is 3. The van der Waals surface area contributed by atoms with Crippen molar-refractivity contribution in [1.29, 1.82) is 5.26 Å². The molecule has 0 radical (unpaired) electrons. The molecule has 23 heavy (non-hydrogen) atoms. The summed E-state index contributed by atoms with van der Waals surface area (Å²) in [5.41, 5.74) is -4.49. The van der Waals surface area contributed by atoms with Crippen LogP contribution in [0.3, 0.4) is 0 Å². The molecule has 5 atom stereocenters. The third kappa shape index (κ3) is 2.43. The first-order valence-electron chi connectivity index (χ1n) is 6.38. The van der Waals surface area contributed by atoms with Crippen molar-refractivity contribution >= 4 is 5.97 Å². The van der Waals surface area contributed by atoms with E-state index in [1.807, 2.05) is 4.98 Å². The lowest BCUT2D eigenvalue weighted by molar-refractivity contribution is -0.255. The second kappa shape index (κ2) is 5.94. The van der Waals surface area contributed by atoms with E-state index in [-0.39, 0.29) is 0 Å². The average molecular weight is 327 g/mol. The van der Waals surface area contributed by atoms with Gasteiger partial charge in [0.05, 0.1) is 12.7 Å². The first-order valence-corrected chi connectivity index (χ1v) is 6.38. The summed E-state index contributed by atoms with van der Waals surface area (Å²) in [5, 5.41) is 48.0. The van der Waals surface area contributed by atoms with Gasteiger partial charge in [0, 0.05) is 12.3 Å². The minimum atomic E-state index is -2.73. The molecule has 124 valence electrons. The average Bonchev–Trinajstić information content (AvgIpc) is 2.49. The standard InChI is InChI=1S/C12H13N3O8/c13-4-12(10(20)21)7(18)5(3-16)23-9(8(12)19)15-2-1-6(17)14-11(15)22/h1-2,5,7-9,16,18-19H,3H2,(H,20,21)(H,14,17,22)/t5-,7-,8-,9-,12-/m1/s1. The highest BCUT2D eigenvalue weighted by atomic mass is 16.6. The van der Waals surface area contributed by atoms with Crippen LogP contribution in [0.1, 0.15) is 6.23 Å². The molecule has 1 saturated heterocycles. The summed E-state index contributed by atoms with van der Waals surface area (Å²) in [4.78, 5) is 36.2. The third-order valence-electron chi connectivity index (χ3n) is 3.71. The van der Waals surface area contributed by atoms with Crippen molar-refractivity contribution < 1.29 is 30.0 Å². The topological polar surface area (TPSA) is 186 Å². The summed E-state index contributed by atoms with van der Waals surface area (Å²) in [5.74, 6) is -1.84. The van der Waals surface area contributed by atoms with Gasteiger partial charge in [0.15, 0.2) is 6.23 Å². The zero-order valence-electron chi connectivity index (χ0n) is 11.5. The SMILES string of the molecule is N#C[C@]1(C(=O)O)[C@H](O)[C@H](n2ccc(=O)[nH]c2=O)O[C@H](CO)[C@H]1O. The molecule has 0 saturated carbocycles. The minimum Gasteiger partial charge on any atom is -0.480 e. The Bertz CT molecular complexity index is 765. The summed E-state index contributed by atoms with van der Waals surface area (Å²) in [6.07, 6.45) is -6.51. The molecular weight excluding hydrogens is 314 g/mol. The molecule has 11 nitrogen and oxygen atoms in total. The van der Waals surface area contributed by atoms with Crippen LogP contribution in [0.2, 0.25) is 0 Å². The van der Waals surface area contributed by atoms with Gasteiger partial charge in [-0.2, -0.15) is 5.26 Å². The smallest absolute Gasteiger partial charge is 0.330 e. The Morgan fingerprint density at radius 2 is 2.09 bits per heavy atom. The molecule has 0 amide bonds. The fraction of sp³-hybridized carbons (Fsp3) is 0.500. The Hall–Kier alpha value is -2.52. The minimum absolute atomic E-state index is 0.662. The molecule has 0 bridgehead atoms. The number of ether oxygens (including phenoxy) is 1. The molecule has 1 aromatic heterocycles. The van der Waals surface area contributed by atoms with Gasteiger partial charge in [0.1, 0.15) is 18.3 Å². The fourth-order valence-corrected chi connectivity index (χ4v) is 2.44. The highest BCUT2D eigenvalue weighted by molar-refractivity contribution is 5.80. The van der Waals surface area contributed by atoms with E-state index in [0.717, 1.165) is 12.3 Å². The van der Waals surface area contributed by atoms with Gasteiger partial charge in [-0.1, -0.05) is 0 Å². The number of nitriles is 1. The number of rotatable bonds is 3. The van der Waals surface area contributed by atoms with Crippen LogP contribution in [-0.4, -0.2) is 60.9 Å². The van der Waals surface area contributed by atoms with Crippen molar-refractivity contribution in [3.63, 3.8) is 0 Å². The van der Waals surface area contributed by atoms with Gasteiger partial charge in [-0.15, -0.1) is 0 Å². The number of hydrogen-bond donors (Lipinski definition) is 5. The molecule has 1 aromatic rings. The van der Waals surface area contributed by atoms with E-state index in [1.165, 1.54) is 6.07 Å². The zero-order valence-corrected chi connectivity index (χ0v) is 11.5. The number of aliphatic hydroxyl groups excluding tert-OH is 3. The maximum Gasteiger partial charge on any atom is 0.330 e. The number of aromatic nitrogens is 2. The largest absolute Gasteiger partial charge is 0.480 e. The maximum absolute atomic E-state index is 11.8. The summed E-state index contributed by atoms with van der Waals surface area (Å²) >= 11 is 0.